The Morgan fingerprint density at radius 1 is 1.27 bits per heavy atom. The molecule has 2 aliphatic carbocycles. The fourth-order valence-corrected chi connectivity index (χ4v) is 2.72. The van der Waals surface area contributed by atoms with E-state index >= 15 is 0 Å². The molecular weight excluding hydrogens is 186 g/mol. The first-order valence-corrected chi connectivity index (χ1v) is 6.58. The predicted octanol–water partition coefficient (Wildman–Crippen LogP) is 2.62. The summed E-state index contributed by atoms with van der Waals surface area (Å²) in [5, 5.41) is 0. The van der Waals surface area contributed by atoms with Crippen LogP contribution in [0, 0.1) is 5.92 Å². The van der Waals surface area contributed by atoms with Crippen molar-refractivity contribution in [3.8, 4) is 0 Å². The molecule has 1 atom stereocenters. The number of hydrogen-bond acceptors (Lipinski definition) is 2. The molecule has 0 aromatic rings. The minimum absolute atomic E-state index is 0.406. The summed E-state index contributed by atoms with van der Waals surface area (Å²) in [7, 11) is 0. The van der Waals surface area contributed by atoms with E-state index < -0.39 is 0 Å². The van der Waals surface area contributed by atoms with Crippen LogP contribution in [0.4, 0.5) is 0 Å². The van der Waals surface area contributed by atoms with Crippen LogP contribution < -0.4 is 0 Å². The van der Waals surface area contributed by atoms with E-state index in [0.717, 1.165) is 38.3 Å². The molecule has 2 aliphatic rings. The molecule has 0 aromatic carbocycles. The van der Waals surface area contributed by atoms with Gasteiger partial charge in [-0.3, -0.25) is 4.79 Å². The summed E-state index contributed by atoms with van der Waals surface area (Å²) >= 11 is 0. The molecule has 0 saturated heterocycles. The third-order valence-electron chi connectivity index (χ3n) is 3.77. The molecule has 0 N–H and O–H groups in total. The van der Waals surface area contributed by atoms with Crippen LogP contribution in [0.5, 0.6) is 0 Å². The van der Waals surface area contributed by atoms with E-state index in [1.807, 2.05) is 0 Å². The van der Waals surface area contributed by atoms with Crippen LogP contribution in [0.2, 0.25) is 0 Å². The van der Waals surface area contributed by atoms with Crippen molar-refractivity contribution in [3.05, 3.63) is 0 Å². The minimum Gasteiger partial charge on any atom is -0.300 e. The van der Waals surface area contributed by atoms with E-state index in [1.54, 1.807) is 0 Å². The molecule has 2 saturated carbocycles. The van der Waals surface area contributed by atoms with Crippen molar-refractivity contribution in [3.63, 3.8) is 0 Å². The van der Waals surface area contributed by atoms with Gasteiger partial charge in [-0.1, -0.05) is 6.92 Å². The van der Waals surface area contributed by atoms with Crippen molar-refractivity contribution in [2.75, 3.05) is 13.1 Å². The van der Waals surface area contributed by atoms with Crippen molar-refractivity contribution in [1.82, 2.24) is 4.90 Å². The molecule has 0 amide bonds. The summed E-state index contributed by atoms with van der Waals surface area (Å²) < 4.78 is 0. The van der Waals surface area contributed by atoms with E-state index in [0.29, 0.717) is 11.7 Å². The first-order valence-electron chi connectivity index (χ1n) is 6.58. The van der Waals surface area contributed by atoms with Crippen LogP contribution in [0.25, 0.3) is 0 Å². The van der Waals surface area contributed by atoms with Crippen LogP contribution in [0.1, 0.15) is 51.9 Å². The molecule has 86 valence electrons. The van der Waals surface area contributed by atoms with E-state index in [2.05, 4.69) is 11.8 Å². The Hall–Kier alpha value is -0.370. The van der Waals surface area contributed by atoms with Crippen molar-refractivity contribution in [2.24, 2.45) is 5.92 Å². The van der Waals surface area contributed by atoms with Gasteiger partial charge in [0.1, 0.15) is 5.78 Å². The first-order chi connectivity index (χ1) is 7.31. The van der Waals surface area contributed by atoms with Crippen LogP contribution >= 0.6 is 0 Å². The van der Waals surface area contributed by atoms with Crippen molar-refractivity contribution in [2.45, 2.75) is 57.9 Å². The SMILES string of the molecule is CCCN(CCC1CCCC1=O)C1CC1. The largest absolute Gasteiger partial charge is 0.300 e. The Morgan fingerprint density at radius 3 is 2.60 bits per heavy atom. The number of hydrogen-bond donors (Lipinski definition) is 0. The molecule has 0 spiro atoms. The molecule has 0 radical (unpaired) electrons. The maximum Gasteiger partial charge on any atom is 0.136 e. The molecule has 0 bridgehead atoms. The molecular formula is C13H23NO. The number of carbonyl (C=O) groups is 1. The fraction of sp³-hybridized carbons (Fsp3) is 0.923. The molecule has 1 unspecified atom stereocenters. The van der Waals surface area contributed by atoms with Gasteiger partial charge in [0.25, 0.3) is 0 Å². The van der Waals surface area contributed by atoms with Gasteiger partial charge >= 0.3 is 0 Å². The summed E-state index contributed by atoms with van der Waals surface area (Å²) in [5.41, 5.74) is 0. The maximum atomic E-state index is 11.5. The zero-order valence-corrected chi connectivity index (χ0v) is 9.87. The van der Waals surface area contributed by atoms with E-state index in [4.69, 9.17) is 0 Å². The lowest BCUT2D eigenvalue weighted by Crippen LogP contribution is -2.29. The van der Waals surface area contributed by atoms with E-state index in [9.17, 15) is 4.79 Å². The van der Waals surface area contributed by atoms with Gasteiger partial charge in [0.15, 0.2) is 0 Å². The number of ketones is 1. The highest BCUT2D eigenvalue weighted by Gasteiger charge is 2.30. The molecule has 0 heterocycles. The van der Waals surface area contributed by atoms with Crippen LogP contribution in [0.3, 0.4) is 0 Å². The topological polar surface area (TPSA) is 20.3 Å². The third-order valence-corrected chi connectivity index (χ3v) is 3.77. The first kappa shape index (κ1) is 11.1. The third kappa shape index (κ3) is 3.04. The Morgan fingerprint density at radius 2 is 2.07 bits per heavy atom. The zero-order valence-electron chi connectivity index (χ0n) is 9.87. The highest BCUT2D eigenvalue weighted by Crippen LogP contribution is 2.29. The molecule has 0 aliphatic heterocycles. The Bertz CT molecular complexity index is 223. The number of Topliss-reactive ketones (excluding diaryl/α,β-unsaturated/α-hetero) is 1. The Kier molecular flexibility index (Phi) is 3.79. The van der Waals surface area contributed by atoms with Gasteiger partial charge in [-0.15, -0.1) is 0 Å². The van der Waals surface area contributed by atoms with Gasteiger partial charge in [0.05, 0.1) is 0 Å². The smallest absolute Gasteiger partial charge is 0.136 e. The summed E-state index contributed by atoms with van der Waals surface area (Å²) in [6.45, 7) is 4.64. The standard InChI is InChI=1S/C13H23NO/c1-2-9-14(12-6-7-12)10-8-11-4-3-5-13(11)15/h11-12H,2-10H2,1H3. The second-order valence-electron chi connectivity index (χ2n) is 5.11. The van der Waals surface area contributed by atoms with Crippen molar-refractivity contribution in [1.29, 1.82) is 0 Å². The Labute approximate surface area is 93.0 Å². The van der Waals surface area contributed by atoms with Gasteiger partial charge in [-0.05, 0) is 51.6 Å². The highest BCUT2D eigenvalue weighted by molar-refractivity contribution is 5.82. The number of nitrogens with zero attached hydrogens (tertiary/aromatic N) is 1. The van der Waals surface area contributed by atoms with Gasteiger partial charge < -0.3 is 4.90 Å². The van der Waals surface area contributed by atoms with Crippen molar-refractivity contribution < 1.29 is 4.79 Å². The lowest BCUT2D eigenvalue weighted by atomic mass is 10.0. The normalized spacial score (nSPS) is 26.5. The summed E-state index contributed by atoms with van der Waals surface area (Å²) in [5.74, 6) is 0.936. The average Bonchev–Trinajstić information content (AvgIpc) is 2.98. The molecule has 15 heavy (non-hydrogen) atoms. The summed E-state index contributed by atoms with van der Waals surface area (Å²) in [4.78, 5) is 14.1. The average molecular weight is 209 g/mol. The van der Waals surface area contributed by atoms with E-state index in [-0.39, 0.29) is 0 Å². The quantitative estimate of drug-likeness (QED) is 0.670. The predicted molar refractivity (Wildman–Crippen MR) is 61.9 cm³/mol. The monoisotopic (exact) mass is 209 g/mol. The Balaban J connectivity index is 1.72. The summed E-state index contributed by atoms with van der Waals surface area (Å²) in [6, 6.07) is 0.862. The molecule has 2 fully saturated rings. The van der Waals surface area contributed by atoms with Crippen LogP contribution in [0.15, 0.2) is 0 Å². The molecule has 2 nitrogen and oxygen atoms in total. The fourth-order valence-electron chi connectivity index (χ4n) is 2.72. The van der Waals surface area contributed by atoms with Crippen molar-refractivity contribution >= 4 is 5.78 Å². The number of carbonyl (C=O) groups excluding carboxylic acids is 1. The van der Waals surface area contributed by atoms with Gasteiger partial charge in [-0.2, -0.15) is 0 Å². The van der Waals surface area contributed by atoms with E-state index in [1.165, 1.54) is 25.8 Å². The lowest BCUT2D eigenvalue weighted by Gasteiger charge is -2.22. The molecule has 2 rings (SSSR count). The van der Waals surface area contributed by atoms with Gasteiger partial charge in [0, 0.05) is 18.4 Å². The van der Waals surface area contributed by atoms with Crippen LogP contribution in [-0.4, -0.2) is 29.8 Å². The molecule has 0 aromatic heterocycles. The van der Waals surface area contributed by atoms with Gasteiger partial charge in [-0.25, -0.2) is 0 Å². The minimum atomic E-state index is 0.406. The number of rotatable bonds is 6. The summed E-state index contributed by atoms with van der Waals surface area (Å²) in [6.07, 6.45) is 8.29. The van der Waals surface area contributed by atoms with Crippen LogP contribution in [-0.2, 0) is 4.79 Å². The maximum absolute atomic E-state index is 11.5. The lowest BCUT2D eigenvalue weighted by molar-refractivity contribution is -0.120. The second kappa shape index (κ2) is 5.11. The molecule has 2 heteroatoms. The highest BCUT2D eigenvalue weighted by atomic mass is 16.1. The second-order valence-corrected chi connectivity index (χ2v) is 5.11. The zero-order chi connectivity index (χ0) is 10.7. The van der Waals surface area contributed by atoms with Gasteiger partial charge in [0.2, 0.25) is 0 Å².